The smallest absolute Gasteiger partial charge is 0.0861 e. The summed E-state index contributed by atoms with van der Waals surface area (Å²) in [7, 11) is 1.90. The maximum Gasteiger partial charge on any atom is 0.0861 e. The molecule has 0 fully saturated rings. The molecule has 0 unspecified atom stereocenters. The van der Waals surface area contributed by atoms with Crippen LogP contribution < -0.4 is 0 Å². The van der Waals surface area contributed by atoms with E-state index in [4.69, 9.17) is 0 Å². The first-order valence-corrected chi connectivity index (χ1v) is 5.38. The van der Waals surface area contributed by atoms with Crippen LogP contribution in [0.2, 0.25) is 0 Å². The van der Waals surface area contributed by atoms with Gasteiger partial charge >= 0.3 is 0 Å². The highest BCUT2D eigenvalue weighted by molar-refractivity contribution is 5.10. The Morgan fingerprint density at radius 2 is 1.29 bits per heavy atom. The molecular weight excluding hydrogens is 174 g/mol. The monoisotopic (exact) mass is 195 g/mol. The zero-order valence-electron chi connectivity index (χ0n) is 9.91. The molecule has 14 heavy (non-hydrogen) atoms. The fourth-order valence-electron chi connectivity index (χ4n) is 1.58. The SMILES string of the molecule is CC(C)Cc1nn(C)nc1CC(C)C. The summed E-state index contributed by atoms with van der Waals surface area (Å²) in [6.07, 6.45) is 2.08. The van der Waals surface area contributed by atoms with Crippen LogP contribution in [-0.2, 0) is 19.9 Å². The Morgan fingerprint density at radius 1 is 0.929 bits per heavy atom. The molecule has 0 bridgehead atoms. The maximum absolute atomic E-state index is 4.41. The summed E-state index contributed by atoms with van der Waals surface area (Å²) < 4.78 is 0. The minimum atomic E-state index is 0.651. The fourth-order valence-corrected chi connectivity index (χ4v) is 1.58. The third kappa shape index (κ3) is 3.13. The molecule has 1 heterocycles. The molecule has 0 saturated heterocycles. The largest absolute Gasteiger partial charge is 0.188 e. The van der Waals surface area contributed by atoms with E-state index >= 15 is 0 Å². The lowest BCUT2D eigenvalue weighted by Crippen LogP contribution is -2.02. The molecule has 0 amide bonds. The Bertz CT molecular complexity index is 259. The highest BCUT2D eigenvalue weighted by atomic mass is 15.5. The van der Waals surface area contributed by atoms with Gasteiger partial charge in [-0.05, 0) is 24.7 Å². The van der Waals surface area contributed by atoms with Gasteiger partial charge < -0.3 is 0 Å². The van der Waals surface area contributed by atoms with Crippen molar-refractivity contribution in [1.29, 1.82) is 0 Å². The van der Waals surface area contributed by atoms with Crippen LogP contribution >= 0.6 is 0 Å². The molecule has 0 spiro atoms. The topological polar surface area (TPSA) is 30.7 Å². The summed E-state index contributed by atoms with van der Waals surface area (Å²) >= 11 is 0. The van der Waals surface area contributed by atoms with E-state index in [1.54, 1.807) is 4.80 Å². The zero-order valence-corrected chi connectivity index (χ0v) is 9.91. The van der Waals surface area contributed by atoms with Crippen molar-refractivity contribution in [3.8, 4) is 0 Å². The van der Waals surface area contributed by atoms with E-state index in [1.807, 2.05) is 7.05 Å². The minimum absolute atomic E-state index is 0.651. The van der Waals surface area contributed by atoms with Crippen LogP contribution in [0.5, 0.6) is 0 Å². The van der Waals surface area contributed by atoms with Gasteiger partial charge in [0.25, 0.3) is 0 Å². The van der Waals surface area contributed by atoms with Gasteiger partial charge in [-0.2, -0.15) is 15.0 Å². The molecule has 1 rings (SSSR count). The quantitative estimate of drug-likeness (QED) is 0.737. The molecule has 0 radical (unpaired) electrons. The van der Waals surface area contributed by atoms with Crippen molar-refractivity contribution in [1.82, 2.24) is 15.0 Å². The molecule has 0 aliphatic heterocycles. The maximum atomic E-state index is 4.41. The Balaban J connectivity index is 2.80. The summed E-state index contributed by atoms with van der Waals surface area (Å²) in [4.78, 5) is 1.69. The van der Waals surface area contributed by atoms with Crippen LogP contribution in [0.3, 0.4) is 0 Å². The molecule has 0 aliphatic rings. The van der Waals surface area contributed by atoms with E-state index in [2.05, 4.69) is 37.9 Å². The van der Waals surface area contributed by atoms with Crippen molar-refractivity contribution in [3.05, 3.63) is 11.4 Å². The van der Waals surface area contributed by atoms with Gasteiger partial charge in [-0.15, -0.1) is 0 Å². The third-order valence-electron chi connectivity index (χ3n) is 2.07. The van der Waals surface area contributed by atoms with E-state index in [9.17, 15) is 0 Å². The fraction of sp³-hybridized carbons (Fsp3) is 0.818. The Labute approximate surface area is 86.5 Å². The van der Waals surface area contributed by atoms with Crippen molar-refractivity contribution in [3.63, 3.8) is 0 Å². The second-order valence-electron chi connectivity index (χ2n) is 4.78. The summed E-state index contributed by atoms with van der Waals surface area (Å²) in [5, 5.41) is 8.82. The molecule has 3 heteroatoms. The average molecular weight is 195 g/mol. The standard InChI is InChI=1S/C11H21N3/c1-8(2)6-10-11(7-9(3)4)13-14(5)12-10/h8-9H,6-7H2,1-5H3. The third-order valence-corrected chi connectivity index (χ3v) is 2.07. The summed E-state index contributed by atoms with van der Waals surface area (Å²) in [6, 6.07) is 0. The van der Waals surface area contributed by atoms with Crippen LogP contribution in [0.4, 0.5) is 0 Å². The first-order chi connectivity index (χ1) is 6.49. The number of aryl methyl sites for hydroxylation is 1. The highest BCUT2D eigenvalue weighted by Gasteiger charge is 2.12. The van der Waals surface area contributed by atoms with E-state index < -0.39 is 0 Å². The van der Waals surface area contributed by atoms with E-state index in [-0.39, 0.29) is 0 Å². The van der Waals surface area contributed by atoms with Crippen molar-refractivity contribution in [2.45, 2.75) is 40.5 Å². The molecule has 1 aromatic heterocycles. The first kappa shape index (κ1) is 11.2. The predicted octanol–water partition coefficient (Wildman–Crippen LogP) is 2.21. The molecule has 0 aliphatic carbocycles. The first-order valence-electron chi connectivity index (χ1n) is 5.38. The molecular formula is C11H21N3. The van der Waals surface area contributed by atoms with Gasteiger partial charge in [0.1, 0.15) is 0 Å². The van der Waals surface area contributed by atoms with Crippen LogP contribution in [-0.4, -0.2) is 15.0 Å². The van der Waals surface area contributed by atoms with E-state index in [0.29, 0.717) is 11.8 Å². The Morgan fingerprint density at radius 3 is 1.57 bits per heavy atom. The summed E-state index contributed by atoms with van der Waals surface area (Å²) in [5.74, 6) is 1.30. The van der Waals surface area contributed by atoms with Gasteiger partial charge in [-0.1, -0.05) is 27.7 Å². The van der Waals surface area contributed by atoms with Crippen LogP contribution in [0, 0.1) is 11.8 Å². The lowest BCUT2D eigenvalue weighted by molar-refractivity contribution is 0.604. The van der Waals surface area contributed by atoms with Crippen molar-refractivity contribution >= 4 is 0 Å². The van der Waals surface area contributed by atoms with Crippen LogP contribution in [0.25, 0.3) is 0 Å². The summed E-state index contributed by atoms with van der Waals surface area (Å²) in [6.45, 7) is 8.86. The van der Waals surface area contributed by atoms with Crippen molar-refractivity contribution in [2.24, 2.45) is 18.9 Å². The average Bonchev–Trinajstić information content (AvgIpc) is 2.28. The number of rotatable bonds is 4. The molecule has 0 atom stereocenters. The molecule has 1 aromatic rings. The second kappa shape index (κ2) is 4.58. The predicted molar refractivity (Wildman–Crippen MR) is 58.1 cm³/mol. The minimum Gasteiger partial charge on any atom is -0.188 e. The molecule has 0 saturated carbocycles. The van der Waals surface area contributed by atoms with Crippen LogP contribution in [0.15, 0.2) is 0 Å². The van der Waals surface area contributed by atoms with Crippen LogP contribution in [0.1, 0.15) is 39.1 Å². The van der Waals surface area contributed by atoms with E-state index in [1.165, 1.54) is 11.4 Å². The summed E-state index contributed by atoms with van der Waals surface area (Å²) in [5.41, 5.74) is 2.35. The van der Waals surface area contributed by atoms with Gasteiger partial charge in [0, 0.05) is 7.05 Å². The van der Waals surface area contributed by atoms with Gasteiger partial charge in [-0.3, -0.25) is 0 Å². The van der Waals surface area contributed by atoms with Gasteiger partial charge in [0.15, 0.2) is 0 Å². The van der Waals surface area contributed by atoms with Gasteiger partial charge in [0.05, 0.1) is 11.4 Å². The molecule has 3 nitrogen and oxygen atoms in total. The van der Waals surface area contributed by atoms with Crippen molar-refractivity contribution in [2.75, 3.05) is 0 Å². The highest BCUT2D eigenvalue weighted by Crippen LogP contribution is 2.13. The Kier molecular flexibility index (Phi) is 3.67. The van der Waals surface area contributed by atoms with Gasteiger partial charge in [0.2, 0.25) is 0 Å². The number of nitrogens with zero attached hydrogens (tertiary/aromatic N) is 3. The molecule has 0 N–H and O–H groups in total. The Hall–Kier alpha value is -0.860. The number of hydrogen-bond acceptors (Lipinski definition) is 2. The number of hydrogen-bond donors (Lipinski definition) is 0. The zero-order chi connectivity index (χ0) is 10.7. The van der Waals surface area contributed by atoms with E-state index in [0.717, 1.165) is 12.8 Å². The van der Waals surface area contributed by atoms with Crippen molar-refractivity contribution < 1.29 is 0 Å². The van der Waals surface area contributed by atoms with Gasteiger partial charge in [-0.25, -0.2) is 0 Å². The molecule has 80 valence electrons. The number of aromatic nitrogens is 3. The normalized spacial score (nSPS) is 11.6. The molecule has 0 aromatic carbocycles. The lowest BCUT2D eigenvalue weighted by atomic mass is 10.0. The second-order valence-corrected chi connectivity index (χ2v) is 4.78. The lowest BCUT2D eigenvalue weighted by Gasteiger charge is -2.05.